The van der Waals surface area contributed by atoms with E-state index in [-0.39, 0.29) is 17.7 Å². The van der Waals surface area contributed by atoms with Gasteiger partial charge in [0.1, 0.15) is 0 Å². The van der Waals surface area contributed by atoms with Gasteiger partial charge in [-0.3, -0.25) is 4.90 Å². The monoisotopic (exact) mass is 256 g/mol. The summed E-state index contributed by atoms with van der Waals surface area (Å²) in [5.41, 5.74) is 5.31. The molecule has 18 heavy (non-hydrogen) atoms. The molecule has 0 saturated heterocycles. The van der Waals surface area contributed by atoms with Gasteiger partial charge >= 0.3 is 0 Å². The molecule has 1 aromatic heterocycles. The number of likely N-dealkylation sites (N-methyl/N-ethyl adjacent to an activating group) is 1. The number of nitrogen functional groups attached to an aromatic ring is 1. The average molecular weight is 256 g/mol. The Labute approximate surface area is 105 Å². The van der Waals surface area contributed by atoms with Crippen molar-refractivity contribution in [1.29, 1.82) is 0 Å². The molecule has 1 saturated carbocycles. The zero-order valence-electron chi connectivity index (χ0n) is 10.6. The van der Waals surface area contributed by atoms with E-state index >= 15 is 0 Å². The maximum absolute atomic E-state index is 13.4. The van der Waals surface area contributed by atoms with Gasteiger partial charge in [0.2, 0.25) is 0 Å². The quantitative estimate of drug-likeness (QED) is 0.844. The van der Waals surface area contributed by atoms with Crippen LogP contribution in [-0.4, -0.2) is 35.6 Å². The highest BCUT2D eigenvalue weighted by Gasteiger charge is 2.29. The van der Waals surface area contributed by atoms with Crippen molar-refractivity contribution in [2.24, 2.45) is 0 Å². The van der Waals surface area contributed by atoms with Gasteiger partial charge in [-0.1, -0.05) is 0 Å². The van der Waals surface area contributed by atoms with Crippen molar-refractivity contribution < 1.29 is 8.78 Å². The number of nitrogens with one attached hydrogen (secondary N) is 1. The van der Waals surface area contributed by atoms with E-state index in [0.29, 0.717) is 12.6 Å². The molecule has 100 valence electrons. The predicted octanol–water partition coefficient (Wildman–Crippen LogP) is 1.84. The Balaban J connectivity index is 1.95. The van der Waals surface area contributed by atoms with Crippen molar-refractivity contribution in [3.63, 3.8) is 0 Å². The van der Waals surface area contributed by atoms with Gasteiger partial charge in [-0.05, 0) is 26.8 Å². The summed E-state index contributed by atoms with van der Waals surface area (Å²) in [5.74, 6) is -1.84. The molecular weight excluding hydrogens is 238 g/mol. The smallest absolute Gasteiger partial charge is 0.168 e. The molecule has 1 heterocycles. The standard InChI is InChI=1S/C12H18F2N4/c1-7(18(2)8-3-4-8)6-16-12-10(14)5-9(13)11(15)17-12/h5,7-8H,3-4,6H2,1-2H3,(H3,15,16,17). The molecule has 1 aliphatic carbocycles. The second-order valence-corrected chi connectivity index (χ2v) is 4.81. The number of hydrogen-bond donors (Lipinski definition) is 2. The third-order valence-corrected chi connectivity index (χ3v) is 3.34. The molecule has 0 aromatic carbocycles. The van der Waals surface area contributed by atoms with Crippen LogP contribution in [0.15, 0.2) is 6.07 Å². The lowest BCUT2D eigenvalue weighted by molar-refractivity contribution is 0.257. The molecule has 2 rings (SSSR count). The number of nitrogens with two attached hydrogens (primary N) is 1. The van der Waals surface area contributed by atoms with Crippen molar-refractivity contribution in [2.75, 3.05) is 24.6 Å². The molecule has 0 bridgehead atoms. The SMILES string of the molecule is CC(CNc1nc(N)c(F)cc1F)N(C)C1CC1. The molecule has 1 aromatic rings. The summed E-state index contributed by atoms with van der Waals surface area (Å²) in [6.07, 6.45) is 2.44. The molecule has 3 N–H and O–H groups in total. The van der Waals surface area contributed by atoms with Gasteiger partial charge in [-0.15, -0.1) is 0 Å². The third-order valence-electron chi connectivity index (χ3n) is 3.34. The van der Waals surface area contributed by atoms with Crippen molar-refractivity contribution in [1.82, 2.24) is 9.88 Å². The minimum absolute atomic E-state index is 0.00458. The van der Waals surface area contributed by atoms with Crippen LogP contribution in [0.1, 0.15) is 19.8 Å². The molecule has 1 fully saturated rings. The predicted molar refractivity (Wildman–Crippen MR) is 67.3 cm³/mol. The lowest BCUT2D eigenvalue weighted by atomic mass is 10.3. The van der Waals surface area contributed by atoms with Crippen LogP contribution in [0, 0.1) is 11.6 Å². The maximum Gasteiger partial charge on any atom is 0.168 e. The van der Waals surface area contributed by atoms with Gasteiger partial charge in [0.25, 0.3) is 0 Å². The van der Waals surface area contributed by atoms with E-state index in [9.17, 15) is 8.78 Å². The fraction of sp³-hybridized carbons (Fsp3) is 0.583. The first-order chi connectivity index (χ1) is 8.49. The fourth-order valence-corrected chi connectivity index (χ4v) is 1.83. The largest absolute Gasteiger partial charge is 0.381 e. The molecule has 6 heteroatoms. The van der Waals surface area contributed by atoms with E-state index < -0.39 is 11.6 Å². The maximum atomic E-state index is 13.4. The Morgan fingerprint density at radius 1 is 1.50 bits per heavy atom. The Morgan fingerprint density at radius 2 is 2.17 bits per heavy atom. The highest BCUT2D eigenvalue weighted by atomic mass is 19.1. The number of aromatic nitrogens is 1. The Hall–Kier alpha value is -1.43. The highest BCUT2D eigenvalue weighted by molar-refractivity contribution is 5.44. The molecule has 1 aliphatic rings. The average Bonchev–Trinajstić information content (AvgIpc) is 3.14. The van der Waals surface area contributed by atoms with Gasteiger partial charge in [0.05, 0.1) is 0 Å². The van der Waals surface area contributed by atoms with E-state index in [4.69, 9.17) is 5.73 Å². The molecular formula is C12H18F2N4. The van der Waals surface area contributed by atoms with Gasteiger partial charge in [-0.2, -0.15) is 0 Å². The van der Waals surface area contributed by atoms with Crippen LogP contribution in [0.5, 0.6) is 0 Å². The van der Waals surface area contributed by atoms with Gasteiger partial charge in [0.15, 0.2) is 23.3 Å². The van der Waals surface area contributed by atoms with Crippen molar-refractivity contribution in [3.8, 4) is 0 Å². The minimum Gasteiger partial charge on any atom is -0.381 e. The van der Waals surface area contributed by atoms with Crippen LogP contribution in [0.3, 0.4) is 0 Å². The van der Waals surface area contributed by atoms with Crippen LogP contribution in [-0.2, 0) is 0 Å². The van der Waals surface area contributed by atoms with Crippen LogP contribution in [0.4, 0.5) is 20.4 Å². The van der Waals surface area contributed by atoms with E-state index in [1.807, 2.05) is 7.05 Å². The Kier molecular flexibility index (Phi) is 3.65. The first kappa shape index (κ1) is 13.0. The first-order valence-electron chi connectivity index (χ1n) is 6.06. The molecule has 0 radical (unpaired) electrons. The van der Waals surface area contributed by atoms with Crippen LogP contribution >= 0.6 is 0 Å². The normalized spacial score (nSPS) is 16.9. The van der Waals surface area contributed by atoms with E-state index in [0.717, 1.165) is 6.07 Å². The van der Waals surface area contributed by atoms with Gasteiger partial charge in [0, 0.05) is 24.7 Å². The van der Waals surface area contributed by atoms with E-state index in [2.05, 4.69) is 22.1 Å². The summed E-state index contributed by atoms with van der Waals surface area (Å²) in [6.45, 7) is 2.60. The Morgan fingerprint density at radius 3 is 2.78 bits per heavy atom. The second-order valence-electron chi connectivity index (χ2n) is 4.81. The number of rotatable bonds is 5. The lowest BCUT2D eigenvalue weighted by Crippen LogP contribution is -2.36. The minimum atomic E-state index is -0.832. The zero-order chi connectivity index (χ0) is 13.3. The number of halogens is 2. The molecule has 1 unspecified atom stereocenters. The summed E-state index contributed by atoms with van der Waals surface area (Å²) in [7, 11) is 2.05. The zero-order valence-corrected chi connectivity index (χ0v) is 10.6. The van der Waals surface area contributed by atoms with Crippen LogP contribution in [0.25, 0.3) is 0 Å². The highest BCUT2D eigenvalue weighted by Crippen LogP contribution is 2.27. The van der Waals surface area contributed by atoms with Gasteiger partial charge < -0.3 is 11.1 Å². The van der Waals surface area contributed by atoms with Crippen molar-refractivity contribution >= 4 is 11.6 Å². The van der Waals surface area contributed by atoms with Crippen LogP contribution in [0.2, 0.25) is 0 Å². The van der Waals surface area contributed by atoms with Crippen LogP contribution < -0.4 is 11.1 Å². The van der Waals surface area contributed by atoms with Crippen molar-refractivity contribution in [2.45, 2.75) is 31.8 Å². The number of nitrogens with zero attached hydrogens (tertiary/aromatic N) is 2. The summed E-state index contributed by atoms with van der Waals surface area (Å²) < 4.78 is 26.4. The molecule has 0 aliphatic heterocycles. The van der Waals surface area contributed by atoms with E-state index in [1.165, 1.54) is 12.8 Å². The molecule has 0 amide bonds. The van der Waals surface area contributed by atoms with E-state index in [1.54, 1.807) is 0 Å². The number of hydrogen-bond acceptors (Lipinski definition) is 4. The molecule has 1 atom stereocenters. The summed E-state index contributed by atoms with van der Waals surface area (Å²) in [5, 5.41) is 2.87. The lowest BCUT2D eigenvalue weighted by Gasteiger charge is -2.24. The third kappa shape index (κ3) is 2.87. The summed E-state index contributed by atoms with van der Waals surface area (Å²) in [4.78, 5) is 5.91. The fourth-order valence-electron chi connectivity index (χ4n) is 1.83. The summed E-state index contributed by atoms with van der Waals surface area (Å²) >= 11 is 0. The summed E-state index contributed by atoms with van der Waals surface area (Å²) in [6, 6.07) is 1.64. The molecule has 4 nitrogen and oxygen atoms in total. The number of anilines is 2. The second kappa shape index (κ2) is 5.06. The van der Waals surface area contributed by atoms with Crippen molar-refractivity contribution in [3.05, 3.63) is 17.7 Å². The van der Waals surface area contributed by atoms with Gasteiger partial charge in [-0.25, -0.2) is 13.8 Å². The Bertz CT molecular complexity index is 434. The number of pyridine rings is 1. The first-order valence-corrected chi connectivity index (χ1v) is 6.06. The molecule has 0 spiro atoms. The topological polar surface area (TPSA) is 54.2 Å².